The first-order chi connectivity index (χ1) is 10.9. The van der Waals surface area contributed by atoms with E-state index in [0.29, 0.717) is 13.2 Å². The molecule has 1 aromatic heterocycles. The number of thiophene rings is 1. The van der Waals surface area contributed by atoms with Crippen molar-refractivity contribution >= 4 is 11.3 Å². The molecule has 1 heterocycles. The first-order valence-corrected chi connectivity index (χ1v) is 8.48. The summed E-state index contributed by atoms with van der Waals surface area (Å²) < 4.78 is 11.3. The number of hydrogen-bond donors (Lipinski definition) is 1. The first kappa shape index (κ1) is 17.8. The predicted octanol–water partition coefficient (Wildman–Crippen LogP) is 3.54. The summed E-state index contributed by atoms with van der Waals surface area (Å²) in [6.45, 7) is 5.51. The van der Waals surface area contributed by atoms with Gasteiger partial charge in [-0.1, -0.05) is 12.1 Å². The van der Waals surface area contributed by atoms with Gasteiger partial charge in [0.2, 0.25) is 0 Å². The number of likely N-dealkylation sites (N-methyl/N-ethyl adjacent to an activating group) is 1. The lowest BCUT2D eigenvalue weighted by atomic mass is 10.1. The van der Waals surface area contributed by atoms with Gasteiger partial charge in [-0.15, -0.1) is 11.3 Å². The first-order valence-electron chi connectivity index (χ1n) is 7.60. The van der Waals surface area contributed by atoms with E-state index in [1.54, 1.807) is 18.4 Å². The van der Waals surface area contributed by atoms with Crippen LogP contribution in [0, 0.1) is 0 Å². The van der Waals surface area contributed by atoms with E-state index in [9.17, 15) is 5.11 Å². The van der Waals surface area contributed by atoms with Gasteiger partial charge < -0.3 is 14.6 Å². The lowest BCUT2D eigenvalue weighted by Gasteiger charge is -2.25. The van der Waals surface area contributed by atoms with Crippen LogP contribution >= 0.6 is 11.3 Å². The Morgan fingerprint density at radius 2 is 2.00 bits per heavy atom. The number of methoxy groups -OCH3 is 1. The largest absolute Gasteiger partial charge is 0.493 e. The molecule has 4 nitrogen and oxygen atoms in total. The number of nitrogens with zero attached hydrogens (tertiary/aromatic N) is 1. The summed E-state index contributed by atoms with van der Waals surface area (Å²) in [4.78, 5) is 3.27. The van der Waals surface area contributed by atoms with Crippen LogP contribution < -0.4 is 9.47 Å². The number of ether oxygens (including phenoxy) is 2. The third-order valence-corrected chi connectivity index (χ3v) is 4.14. The van der Waals surface area contributed by atoms with Crippen LogP contribution in [0.25, 0.3) is 0 Å². The second kappa shape index (κ2) is 7.81. The summed E-state index contributed by atoms with van der Waals surface area (Å²) in [6.07, 6.45) is 0. The topological polar surface area (TPSA) is 41.9 Å². The van der Waals surface area contributed by atoms with Crippen molar-refractivity contribution in [1.82, 2.24) is 4.90 Å². The molecule has 23 heavy (non-hydrogen) atoms. The van der Waals surface area contributed by atoms with Crippen LogP contribution in [0.4, 0.5) is 0 Å². The van der Waals surface area contributed by atoms with Crippen molar-refractivity contribution in [3.8, 4) is 11.5 Å². The molecule has 126 valence electrons. The van der Waals surface area contributed by atoms with Crippen molar-refractivity contribution in [2.75, 3.05) is 20.7 Å². The van der Waals surface area contributed by atoms with E-state index < -0.39 is 5.60 Å². The standard InChI is InChI=1S/C18H25NO3S/c1-18(2,20)13-19(3)11-14-7-8-16(17(10-14)21-4)22-12-15-6-5-9-23-15/h5-10,20H,11-13H2,1-4H3. The Balaban J connectivity index is 2.01. The van der Waals surface area contributed by atoms with E-state index in [1.807, 2.05) is 50.5 Å². The van der Waals surface area contributed by atoms with Crippen molar-refractivity contribution in [2.24, 2.45) is 0 Å². The van der Waals surface area contributed by atoms with Gasteiger partial charge in [0.15, 0.2) is 11.5 Å². The third kappa shape index (κ3) is 5.86. The van der Waals surface area contributed by atoms with Crippen LogP contribution in [0.15, 0.2) is 35.7 Å². The molecule has 0 aliphatic rings. The molecule has 0 radical (unpaired) electrons. The molecular formula is C18H25NO3S. The lowest BCUT2D eigenvalue weighted by Crippen LogP contribution is -2.35. The maximum Gasteiger partial charge on any atom is 0.161 e. The zero-order valence-electron chi connectivity index (χ0n) is 14.2. The Hall–Kier alpha value is -1.56. The molecule has 1 aromatic carbocycles. The van der Waals surface area contributed by atoms with Gasteiger partial charge in [0.05, 0.1) is 12.7 Å². The van der Waals surface area contributed by atoms with Gasteiger partial charge in [-0.25, -0.2) is 0 Å². The molecule has 0 spiro atoms. The van der Waals surface area contributed by atoms with Gasteiger partial charge >= 0.3 is 0 Å². The Kier molecular flexibility index (Phi) is 6.04. The fourth-order valence-corrected chi connectivity index (χ4v) is 3.12. The maximum absolute atomic E-state index is 9.89. The van der Waals surface area contributed by atoms with Crippen LogP contribution in [0.1, 0.15) is 24.3 Å². The summed E-state index contributed by atoms with van der Waals surface area (Å²) in [5.74, 6) is 1.48. The molecule has 5 heteroatoms. The van der Waals surface area contributed by atoms with Crippen molar-refractivity contribution in [2.45, 2.75) is 32.6 Å². The maximum atomic E-state index is 9.89. The minimum Gasteiger partial charge on any atom is -0.493 e. The highest BCUT2D eigenvalue weighted by Crippen LogP contribution is 2.29. The molecule has 0 atom stereocenters. The molecule has 0 aliphatic carbocycles. The Morgan fingerprint density at radius 3 is 2.61 bits per heavy atom. The summed E-state index contributed by atoms with van der Waals surface area (Å²) in [6, 6.07) is 10.0. The average molecular weight is 335 g/mol. The normalized spacial score (nSPS) is 11.7. The summed E-state index contributed by atoms with van der Waals surface area (Å²) >= 11 is 1.68. The molecule has 1 N–H and O–H groups in total. The van der Waals surface area contributed by atoms with Gasteiger partial charge in [-0.2, -0.15) is 0 Å². The number of rotatable bonds is 8. The van der Waals surface area contributed by atoms with Crippen molar-refractivity contribution in [1.29, 1.82) is 0 Å². The summed E-state index contributed by atoms with van der Waals surface area (Å²) in [5.41, 5.74) is 0.417. The zero-order valence-corrected chi connectivity index (χ0v) is 15.0. The zero-order chi connectivity index (χ0) is 16.9. The van der Waals surface area contributed by atoms with Gasteiger partial charge in [-0.3, -0.25) is 4.90 Å². The highest BCUT2D eigenvalue weighted by atomic mass is 32.1. The second-order valence-corrected chi connectivity index (χ2v) is 7.37. The van der Waals surface area contributed by atoms with Gasteiger partial charge in [0.25, 0.3) is 0 Å². The van der Waals surface area contributed by atoms with Gasteiger partial charge in [0, 0.05) is 18.0 Å². The van der Waals surface area contributed by atoms with Gasteiger partial charge in [0.1, 0.15) is 6.61 Å². The van der Waals surface area contributed by atoms with Crippen LogP contribution in [-0.2, 0) is 13.2 Å². The molecule has 0 unspecified atom stereocenters. The minimum absolute atomic E-state index is 0.548. The summed E-state index contributed by atoms with van der Waals surface area (Å²) in [7, 11) is 3.64. The number of benzene rings is 1. The predicted molar refractivity (Wildman–Crippen MR) is 94.3 cm³/mol. The monoisotopic (exact) mass is 335 g/mol. The number of aliphatic hydroxyl groups is 1. The molecule has 0 aliphatic heterocycles. The van der Waals surface area contributed by atoms with Crippen molar-refractivity contribution in [3.63, 3.8) is 0 Å². The third-order valence-electron chi connectivity index (χ3n) is 3.29. The molecule has 2 rings (SSSR count). The SMILES string of the molecule is COc1cc(CN(C)CC(C)(C)O)ccc1OCc1cccs1. The smallest absolute Gasteiger partial charge is 0.161 e. The lowest BCUT2D eigenvalue weighted by molar-refractivity contribution is 0.0424. The van der Waals surface area contributed by atoms with E-state index >= 15 is 0 Å². The van der Waals surface area contributed by atoms with E-state index in [0.717, 1.165) is 23.6 Å². The van der Waals surface area contributed by atoms with E-state index in [2.05, 4.69) is 11.0 Å². The van der Waals surface area contributed by atoms with Crippen LogP contribution in [0.2, 0.25) is 0 Å². The van der Waals surface area contributed by atoms with Crippen LogP contribution in [0.5, 0.6) is 11.5 Å². The van der Waals surface area contributed by atoms with E-state index in [1.165, 1.54) is 4.88 Å². The molecule has 2 aromatic rings. The highest BCUT2D eigenvalue weighted by Gasteiger charge is 2.16. The molecular weight excluding hydrogens is 310 g/mol. The van der Waals surface area contributed by atoms with E-state index in [-0.39, 0.29) is 0 Å². The highest BCUT2D eigenvalue weighted by molar-refractivity contribution is 7.09. The molecule has 0 saturated heterocycles. The average Bonchev–Trinajstić information content (AvgIpc) is 2.97. The Bertz CT molecular complexity index is 605. The molecule has 0 bridgehead atoms. The van der Waals surface area contributed by atoms with E-state index in [4.69, 9.17) is 9.47 Å². The van der Waals surface area contributed by atoms with Crippen LogP contribution in [0.3, 0.4) is 0 Å². The number of hydrogen-bond acceptors (Lipinski definition) is 5. The van der Waals surface area contributed by atoms with Crippen molar-refractivity contribution in [3.05, 3.63) is 46.2 Å². The Labute approximate surface area is 142 Å². The van der Waals surface area contributed by atoms with Gasteiger partial charge in [-0.05, 0) is 50.0 Å². The fraction of sp³-hybridized carbons (Fsp3) is 0.444. The summed E-state index contributed by atoms with van der Waals surface area (Å²) in [5, 5.41) is 11.9. The molecule has 0 saturated carbocycles. The molecule has 0 fully saturated rings. The Morgan fingerprint density at radius 1 is 1.22 bits per heavy atom. The fourth-order valence-electron chi connectivity index (χ4n) is 2.50. The minimum atomic E-state index is -0.706. The van der Waals surface area contributed by atoms with Crippen molar-refractivity contribution < 1.29 is 14.6 Å². The molecule has 0 amide bonds. The quantitative estimate of drug-likeness (QED) is 0.801. The second-order valence-electron chi connectivity index (χ2n) is 6.34. The van der Waals surface area contributed by atoms with Crippen LogP contribution in [-0.4, -0.2) is 36.3 Å².